The van der Waals surface area contributed by atoms with Crippen LogP contribution in [0, 0.1) is 0 Å². The number of hydrogen-bond acceptors (Lipinski definition) is 4. The Morgan fingerprint density at radius 2 is 2.05 bits per heavy atom. The van der Waals surface area contributed by atoms with E-state index in [0.717, 1.165) is 40.9 Å². The average molecular weight is 332 g/mol. The van der Waals surface area contributed by atoms with Crippen LogP contribution in [-0.4, -0.2) is 32.0 Å². The van der Waals surface area contributed by atoms with Crippen LogP contribution in [0.5, 0.6) is 11.5 Å². The summed E-state index contributed by atoms with van der Waals surface area (Å²) in [6.07, 6.45) is 1.32. The molecule has 0 aliphatic rings. The van der Waals surface area contributed by atoms with Gasteiger partial charge in [0.1, 0.15) is 11.5 Å². The quantitative estimate of drug-likeness (QED) is 0.719. The highest BCUT2D eigenvalue weighted by Gasteiger charge is 2.10. The predicted octanol–water partition coefficient (Wildman–Crippen LogP) is 2.72. The zero-order chi connectivity index (χ0) is 14.3. The van der Waals surface area contributed by atoms with Crippen molar-refractivity contribution in [2.45, 2.75) is 32.4 Å². The Bertz CT molecular complexity index is 399. The van der Waals surface area contributed by atoms with Gasteiger partial charge in [0.25, 0.3) is 0 Å². The Labute approximate surface area is 123 Å². The molecule has 0 bridgehead atoms. The first kappa shape index (κ1) is 16.3. The van der Waals surface area contributed by atoms with E-state index < -0.39 is 0 Å². The van der Waals surface area contributed by atoms with Crippen molar-refractivity contribution >= 4 is 15.9 Å². The van der Waals surface area contributed by atoms with Gasteiger partial charge in [0.05, 0.1) is 20.3 Å². The van der Waals surface area contributed by atoms with Gasteiger partial charge in [-0.1, -0.05) is 22.9 Å². The Balaban J connectivity index is 2.62. The predicted molar refractivity (Wildman–Crippen MR) is 79.9 cm³/mol. The van der Waals surface area contributed by atoms with E-state index in [0.29, 0.717) is 6.54 Å². The molecule has 0 saturated heterocycles. The molecule has 0 radical (unpaired) electrons. The normalized spacial score (nSPS) is 12.3. The molecule has 0 aliphatic carbocycles. The number of hydrogen-bond donors (Lipinski definition) is 2. The minimum atomic E-state index is -0.228. The third-order valence-corrected chi connectivity index (χ3v) is 3.72. The Morgan fingerprint density at radius 3 is 2.63 bits per heavy atom. The molecule has 0 saturated carbocycles. The first-order valence-electron chi connectivity index (χ1n) is 6.41. The van der Waals surface area contributed by atoms with Gasteiger partial charge >= 0.3 is 0 Å². The standard InChI is InChI=1S/C14H22BrNO3/c1-4-10(17)5-6-16-9-12-13(15)7-11(18-2)8-14(12)19-3/h7-8,10,16-17H,4-6,9H2,1-3H3. The molecule has 0 aliphatic heterocycles. The van der Waals surface area contributed by atoms with Gasteiger partial charge < -0.3 is 19.9 Å². The van der Waals surface area contributed by atoms with Gasteiger partial charge in [0, 0.05) is 22.6 Å². The number of ether oxygens (including phenoxy) is 2. The van der Waals surface area contributed by atoms with E-state index in [4.69, 9.17) is 9.47 Å². The minimum Gasteiger partial charge on any atom is -0.497 e. The Kier molecular flexibility index (Phi) is 7.20. The van der Waals surface area contributed by atoms with Crippen molar-refractivity contribution in [3.05, 3.63) is 22.2 Å². The molecule has 0 fully saturated rings. The maximum Gasteiger partial charge on any atom is 0.128 e. The van der Waals surface area contributed by atoms with Gasteiger partial charge in [-0.25, -0.2) is 0 Å². The van der Waals surface area contributed by atoms with Gasteiger partial charge in [-0.15, -0.1) is 0 Å². The van der Waals surface area contributed by atoms with Crippen molar-refractivity contribution < 1.29 is 14.6 Å². The summed E-state index contributed by atoms with van der Waals surface area (Å²) in [5, 5.41) is 12.8. The molecule has 0 spiro atoms. The molecule has 5 heteroatoms. The summed E-state index contributed by atoms with van der Waals surface area (Å²) in [6.45, 7) is 3.44. The van der Waals surface area contributed by atoms with E-state index in [1.54, 1.807) is 14.2 Å². The molecule has 1 atom stereocenters. The summed E-state index contributed by atoms with van der Waals surface area (Å²) in [7, 11) is 3.27. The van der Waals surface area contributed by atoms with E-state index in [9.17, 15) is 5.11 Å². The van der Waals surface area contributed by atoms with Gasteiger partial charge in [-0.05, 0) is 25.5 Å². The topological polar surface area (TPSA) is 50.7 Å². The smallest absolute Gasteiger partial charge is 0.128 e. The Hall–Kier alpha value is -0.780. The van der Waals surface area contributed by atoms with Crippen LogP contribution in [0.2, 0.25) is 0 Å². The molecule has 0 heterocycles. The summed E-state index contributed by atoms with van der Waals surface area (Å²) in [4.78, 5) is 0. The van der Waals surface area contributed by atoms with Crippen molar-refractivity contribution in [1.29, 1.82) is 0 Å². The van der Waals surface area contributed by atoms with Gasteiger partial charge in [-0.3, -0.25) is 0 Å². The van der Waals surface area contributed by atoms with Gasteiger partial charge in [0.15, 0.2) is 0 Å². The van der Waals surface area contributed by atoms with Crippen LogP contribution in [0.4, 0.5) is 0 Å². The fourth-order valence-corrected chi connectivity index (χ4v) is 2.31. The van der Waals surface area contributed by atoms with Crippen LogP contribution in [0.25, 0.3) is 0 Å². The second-order valence-corrected chi connectivity index (χ2v) is 5.17. The number of methoxy groups -OCH3 is 2. The lowest BCUT2D eigenvalue weighted by atomic mass is 10.1. The van der Waals surface area contributed by atoms with Crippen molar-refractivity contribution in [2.75, 3.05) is 20.8 Å². The molecule has 2 N–H and O–H groups in total. The summed E-state index contributed by atoms with van der Waals surface area (Å²) in [5.41, 5.74) is 1.05. The minimum absolute atomic E-state index is 0.228. The molecule has 1 rings (SSSR count). The van der Waals surface area contributed by atoms with Crippen LogP contribution in [0.1, 0.15) is 25.3 Å². The average Bonchev–Trinajstić information content (AvgIpc) is 2.43. The largest absolute Gasteiger partial charge is 0.497 e. The van der Waals surface area contributed by atoms with Crippen LogP contribution in [0.15, 0.2) is 16.6 Å². The van der Waals surface area contributed by atoms with E-state index >= 15 is 0 Å². The SMILES string of the molecule is CCC(O)CCNCc1c(Br)cc(OC)cc1OC. The maximum atomic E-state index is 9.49. The highest BCUT2D eigenvalue weighted by atomic mass is 79.9. The summed E-state index contributed by atoms with van der Waals surface area (Å²) < 4.78 is 11.5. The molecule has 108 valence electrons. The van der Waals surface area contributed by atoms with E-state index in [1.807, 2.05) is 19.1 Å². The first-order valence-corrected chi connectivity index (χ1v) is 7.20. The lowest BCUT2D eigenvalue weighted by Gasteiger charge is -2.14. The van der Waals surface area contributed by atoms with Crippen LogP contribution in [-0.2, 0) is 6.54 Å². The van der Waals surface area contributed by atoms with E-state index in [2.05, 4.69) is 21.2 Å². The number of rotatable bonds is 8. The molecule has 19 heavy (non-hydrogen) atoms. The molecule has 4 nitrogen and oxygen atoms in total. The molecular weight excluding hydrogens is 310 g/mol. The van der Waals surface area contributed by atoms with Gasteiger partial charge in [0.2, 0.25) is 0 Å². The molecule has 1 aromatic rings. The van der Waals surface area contributed by atoms with Crippen LogP contribution < -0.4 is 14.8 Å². The zero-order valence-electron chi connectivity index (χ0n) is 11.7. The number of aliphatic hydroxyl groups is 1. The maximum absolute atomic E-state index is 9.49. The third-order valence-electron chi connectivity index (χ3n) is 3.01. The zero-order valence-corrected chi connectivity index (χ0v) is 13.3. The molecule has 0 amide bonds. The van der Waals surface area contributed by atoms with Crippen LogP contribution >= 0.6 is 15.9 Å². The monoisotopic (exact) mass is 331 g/mol. The lowest BCUT2D eigenvalue weighted by molar-refractivity contribution is 0.159. The molecule has 0 aromatic heterocycles. The fourth-order valence-electron chi connectivity index (χ4n) is 1.75. The number of aliphatic hydroxyl groups excluding tert-OH is 1. The third kappa shape index (κ3) is 5.01. The highest BCUT2D eigenvalue weighted by Crippen LogP contribution is 2.32. The van der Waals surface area contributed by atoms with Gasteiger partial charge in [-0.2, -0.15) is 0 Å². The Morgan fingerprint density at radius 1 is 1.32 bits per heavy atom. The second kappa shape index (κ2) is 8.40. The van der Waals surface area contributed by atoms with E-state index in [-0.39, 0.29) is 6.10 Å². The van der Waals surface area contributed by atoms with E-state index in [1.165, 1.54) is 0 Å². The van der Waals surface area contributed by atoms with Crippen molar-refractivity contribution in [1.82, 2.24) is 5.32 Å². The van der Waals surface area contributed by atoms with Crippen LogP contribution in [0.3, 0.4) is 0 Å². The number of nitrogens with one attached hydrogen (secondary N) is 1. The number of benzene rings is 1. The summed E-state index contributed by atoms with van der Waals surface area (Å²) in [6, 6.07) is 3.78. The highest BCUT2D eigenvalue weighted by molar-refractivity contribution is 9.10. The number of halogens is 1. The lowest BCUT2D eigenvalue weighted by Crippen LogP contribution is -2.20. The molecular formula is C14H22BrNO3. The summed E-state index contributed by atoms with van der Waals surface area (Å²) in [5.74, 6) is 1.55. The fraction of sp³-hybridized carbons (Fsp3) is 0.571. The summed E-state index contributed by atoms with van der Waals surface area (Å²) >= 11 is 3.52. The molecule has 1 unspecified atom stereocenters. The van der Waals surface area contributed by atoms with Crippen molar-refractivity contribution in [3.63, 3.8) is 0 Å². The van der Waals surface area contributed by atoms with Crippen molar-refractivity contribution in [2.24, 2.45) is 0 Å². The molecule has 1 aromatic carbocycles. The van der Waals surface area contributed by atoms with Crippen molar-refractivity contribution in [3.8, 4) is 11.5 Å². The first-order chi connectivity index (χ1) is 9.12. The second-order valence-electron chi connectivity index (χ2n) is 4.32.